The molecule has 0 aliphatic carbocycles. The summed E-state index contributed by atoms with van der Waals surface area (Å²) in [7, 11) is 0. The van der Waals surface area contributed by atoms with Crippen LogP contribution in [-0.4, -0.2) is 29.2 Å². The molecule has 2 aromatic rings. The lowest BCUT2D eigenvalue weighted by Gasteiger charge is -2.26. The third kappa shape index (κ3) is 3.83. The van der Waals surface area contributed by atoms with Crippen molar-refractivity contribution in [2.24, 2.45) is 0 Å². The van der Waals surface area contributed by atoms with Crippen molar-refractivity contribution in [2.45, 2.75) is 12.8 Å². The molecule has 3 rings (SSSR count). The zero-order valence-corrected chi connectivity index (χ0v) is 14.6. The van der Waals surface area contributed by atoms with Gasteiger partial charge in [0.25, 0.3) is 5.91 Å². The minimum Gasteiger partial charge on any atom is -0.326 e. The molecule has 2 aromatic carbocycles. The summed E-state index contributed by atoms with van der Waals surface area (Å²) >= 11 is 11.7. The molecule has 0 aromatic heterocycles. The lowest BCUT2D eigenvalue weighted by Crippen LogP contribution is -2.43. The van der Waals surface area contributed by atoms with Crippen LogP contribution < -0.4 is 5.32 Å². The number of nitrogens with one attached hydrogen (secondary N) is 1. The van der Waals surface area contributed by atoms with Crippen LogP contribution >= 0.6 is 23.2 Å². The summed E-state index contributed by atoms with van der Waals surface area (Å²) in [5.74, 6) is -0.988. The van der Waals surface area contributed by atoms with Crippen molar-refractivity contribution in [1.29, 1.82) is 0 Å². The number of fused-ring (bicyclic) bond motifs is 1. The van der Waals surface area contributed by atoms with E-state index in [1.54, 1.807) is 36.4 Å². The van der Waals surface area contributed by atoms with E-state index >= 15 is 0 Å². The molecule has 0 atom stereocenters. The Morgan fingerprint density at radius 3 is 2.60 bits per heavy atom. The van der Waals surface area contributed by atoms with Crippen LogP contribution in [0.1, 0.15) is 22.3 Å². The topological polar surface area (TPSA) is 66.5 Å². The number of benzene rings is 2. The molecule has 0 bridgehead atoms. The highest BCUT2D eigenvalue weighted by Crippen LogP contribution is 2.25. The van der Waals surface area contributed by atoms with Crippen LogP contribution in [0, 0.1) is 0 Å². The highest BCUT2D eigenvalue weighted by molar-refractivity contribution is 6.42. The molecule has 7 heteroatoms. The summed E-state index contributed by atoms with van der Waals surface area (Å²) < 4.78 is 0. The van der Waals surface area contributed by atoms with E-state index in [2.05, 4.69) is 5.32 Å². The van der Waals surface area contributed by atoms with Crippen molar-refractivity contribution < 1.29 is 14.4 Å². The van der Waals surface area contributed by atoms with Crippen molar-refractivity contribution in [3.05, 3.63) is 63.6 Å². The first kappa shape index (κ1) is 17.5. The predicted molar refractivity (Wildman–Crippen MR) is 95.9 cm³/mol. The molecule has 5 nitrogen and oxygen atoms in total. The van der Waals surface area contributed by atoms with Gasteiger partial charge in [0.15, 0.2) is 0 Å². The summed E-state index contributed by atoms with van der Waals surface area (Å²) in [4.78, 5) is 37.8. The Labute approximate surface area is 154 Å². The molecule has 1 heterocycles. The van der Waals surface area contributed by atoms with Crippen molar-refractivity contribution in [3.63, 3.8) is 0 Å². The molecule has 0 unspecified atom stereocenters. The smallest absolute Gasteiger partial charge is 0.260 e. The molecule has 0 radical (unpaired) electrons. The molecular weight excluding hydrogens is 363 g/mol. The maximum absolute atomic E-state index is 12.4. The first-order valence-corrected chi connectivity index (χ1v) is 8.39. The molecule has 1 aliphatic rings. The average molecular weight is 377 g/mol. The van der Waals surface area contributed by atoms with Crippen LogP contribution in [0.3, 0.4) is 0 Å². The Balaban J connectivity index is 1.63. The van der Waals surface area contributed by atoms with Crippen molar-refractivity contribution >= 4 is 46.6 Å². The molecule has 1 aliphatic heterocycles. The van der Waals surface area contributed by atoms with Gasteiger partial charge in [-0.05, 0) is 29.8 Å². The van der Waals surface area contributed by atoms with Gasteiger partial charge in [-0.15, -0.1) is 0 Å². The van der Waals surface area contributed by atoms with Gasteiger partial charge in [0.1, 0.15) is 0 Å². The Kier molecular flexibility index (Phi) is 5.06. The van der Waals surface area contributed by atoms with Crippen LogP contribution in [0.15, 0.2) is 42.5 Å². The Hall–Kier alpha value is -2.37. The van der Waals surface area contributed by atoms with E-state index in [-0.39, 0.29) is 37.1 Å². The minimum absolute atomic E-state index is 0.000107. The molecule has 128 valence electrons. The normalized spacial score (nSPS) is 13.6. The summed E-state index contributed by atoms with van der Waals surface area (Å²) in [5.41, 5.74) is 1.72. The van der Waals surface area contributed by atoms with Crippen molar-refractivity contribution in [1.82, 2.24) is 4.90 Å². The minimum atomic E-state index is -0.366. The first-order valence-electron chi connectivity index (χ1n) is 7.63. The van der Waals surface area contributed by atoms with E-state index in [1.807, 2.05) is 0 Å². The van der Waals surface area contributed by atoms with Crippen molar-refractivity contribution in [3.8, 4) is 0 Å². The number of anilines is 1. The van der Waals surface area contributed by atoms with Gasteiger partial charge in [0, 0.05) is 24.2 Å². The third-order valence-electron chi connectivity index (χ3n) is 3.90. The van der Waals surface area contributed by atoms with Crippen LogP contribution in [0.5, 0.6) is 0 Å². The predicted octanol–water partition coefficient (Wildman–Crippen LogP) is 3.55. The van der Waals surface area contributed by atoms with Gasteiger partial charge in [-0.3, -0.25) is 19.3 Å². The van der Waals surface area contributed by atoms with E-state index in [9.17, 15) is 14.4 Å². The lowest BCUT2D eigenvalue weighted by molar-refractivity contribution is -0.128. The van der Waals surface area contributed by atoms with Gasteiger partial charge in [-0.1, -0.05) is 41.4 Å². The average Bonchev–Trinajstić information content (AvgIpc) is 2.58. The number of carbonyl (C=O) groups excluding carboxylic acids is 3. The second-order valence-corrected chi connectivity index (χ2v) is 6.43. The van der Waals surface area contributed by atoms with Gasteiger partial charge in [-0.2, -0.15) is 0 Å². The second kappa shape index (κ2) is 7.25. The summed E-state index contributed by atoms with van der Waals surface area (Å²) in [6.45, 7) is 0.0269. The SMILES string of the molecule is O=C(CCN1C(=O)Cc2ccccc2C1=O)Nc1ccc(Cl)c(Cl)c1. The zero-order valence-electron chi connectivity index (χ0n) is 13.1. The molecule has 0 saturated heterocycles. The van der Waals surface area contributed by atoms with Crippen LogP contribution in [0.25, 0.3) is 0 Å². The fourth-order valence-electron chi connectivity index (χ4n) is 2.64. The monoisotopic (exact) mass is 376 g/mol. The maximum atomic E-state index is 12.4. The number of nitrogens with zero attached hydrogens (tertiary/aromatic N) is 1. The fraction of sp³-hybridized carbons (Fsp3) is 0.167. The van der Waals surface area contributed by atoms with E-state index in [0.29, 0.717) is 26.9 Å². The number of amides is 3. The molecular formula is C18H14Cl2N2O3. The van der Waals surface area contributed by atoms with Gasteiger partial charge >= 0.3 is 0 Å². The van der Waals surface area contributed by atoms with E-state index in [1.165, 1.54) is 6.07 Å². The summed E-state index contributed by atoms with van der Waals surface area (Å²) in [6, 6.07) is 11.7. The molecule has 0 spiro atoms. The number of hydrogen-bond acceptors (Lipinski definition) is 3. The molecule has 3 amide bonds. The summed E-state index contributed by atoms with van der Waals surface area (Å²) in [5, 5.41) is 3.39. The number of imide groups is 1. The van der Waals surface area contributed by atoms with Gasteiger partial charge < -0.3 is 5.32 Å². The highest BCUT2D eigenvalue weighted by atomic mass is 35.5. The van der Waals surface area contributed by atoms with Gasteiger partial charge in [0.05, 0.1) is 16.5 Å². The zero-order chi connectivity index (χ0) is 18.0. The maximum Gasteiger partial charge on any atom is 0.260 e. The number of rotatable bonds is 4. The van der Waals surface area contributed by atoms with E-state index in [0.717, 1.165) is 4.90 Å². The van der Waals surface area contributed by atoms with Crippen LogP contribution in [0.2, 0.25) is 10.0 Å². The lowest BCUT2D eigenvalue weighted by atomic mass is 9.98. The quantitative estimate of drug-likeness (QED) is 0.829. The Morgan fingerprint density at radius 1 is 1.08 bits per heavy atom. The summed E-state index contributed by atoms with van der Waals surface area (Å²) in [6.07, 6.45) is 0.163. The molecule has 0 fully saturated rings. The van der Waals surface area contributed by atoms with Crippen molar-refractivity contribution in [2.75, 3.05) is 11.9 Å². The van der Waals surface area contributed by atoms with E-state index in [4.69, 9.17) is 23.2 Å². The Morgan fingerprint density at radius 2 is 1.84 bits per heavy atom. The molecule has 0 saturated carbocycles. The van der Waals surface area contributed by atoms with Crippen LogP contribution in [0.4, 0.5) is 5.69 Å². The number of halogens is 2. The third-order valence-corrected chi connectivity index (χ3v) is 4.64. The largest absolute Gasteiger partial charge is 0.326 e. The first-order chi connectivity index (χ1) is 12.0. The second-order valence-electron chi connectivity index (χ2n) is 5.61. The highest BCUT2D eigenvalue weighted by Gasteiger charge is 2.30. The standard InChI is InChI=1S/C18H14Cl2N2O3/c19-14-6-5-12(10-15(14)20)21-16(23)7-8-22-17(24)9-11-3-1-2-4-13(11)18(22)25/h1-6,10H,7-9H2,(H,21,23). The Bertz CT molecular complexity index is 867. The molecule has 25 heavy (non-hydrogen) atoms. The van der Waals surface area contributed by atoms with Gasteiger partial charge in [-0.25, -0.2) is 0 Å². The number of hydrogen-bond donors (Lipinski definition) is 1. The van der Waals surface area contributed by atoms with Crippen LogP contribution in [-0.2, 0) is 16.0 Å². The molecule has 1 N–H and O–H groups in total. The fourth-order valence-corrected chi connectivity index (χ4v) is 2.94. The number of carbonyl (C=O) groups is 3. The van der Waals surface area contributed by atoms with E-state index < -0.39 is 0 Å². The van der Waals surface area contributed by atoms with Gasteiger partial charge in [0.2, 0.25) is 11.8 Å².